The van der Waals surface area contributed by atoms with E-state index in [1.807, 2.05) is 6.26 Å². The molecule has 0 aromatic heterocycles. The zero-order chi connectivity index (χ0) is 19.3. The van der Waals surface area contributed by atoms with E-state index in [1.54, 1.807) is 6.92 Å². The number of thioether (sulfide) groups is 1. The fourth-order valence-corrected chi connectivity index (χ4v) is 2.62. The van der Waals surface area contributed by atoms with Gasteiger partial charge >= 0.3 is 18.4 Å². The minimum absolute atomic E-state index is 0.190. The molecule has 0 aliphatic carbocycles. The summed E-state index contributed by atoms with van der Waals surface area (Å²) in [5.41, 5.74) is 0.934. The van der Waals surface area contributed by atoms with Gasteiger partial charge in [0.2, 0.25) is 0 Å². The molecule has 2 rings (SSSR count). The fraction of sp³-hybridized carbons (Fsp3) is 0.375. The summed E-state index contributed by atoms with van der Waals surface area (Å²) in [5, 5.41) is 5.07. The molecule has 0 radical (unpaired) electrons. The predicted octanol–water partition coefficient (Wildman–Crippen LogP) is 3.12. The molecule has 0 fully saturated rings. The van der Waals surface area contributed by atoms with Gasteiger partial charge in [-0.2, -0.15) is 11.8 Å². The zero-order valence-corrected chi connectivity index (χ0v) is 14.8. The van der Waals surface area contributed by atoms with Crippen molar-refractivity contribution in [3.63, 3.8) is 0 Å². The summed E-state index contributed by atoms with van der Waals surface area (Å²) in [5.74, 6) is -0.387. The maximum Gasteiger partial charge on any atom is 0.573 e. The van der Waals surface area contributed by atoms with Gasteiger partial charge in [0.05, 0.1) is 11.6 Å². The molecule has 1 heterocycles. The summed E-state index contributed by atoms with van der Waals surface area (Å²) >= 11 is 1.51. The Bertz CT molecular complexity index is 704. The summed E-state index contributed by atoms with van der Waals surface area (Å²) < 4.78 is 45.8. The number of carbonyl (C=O) groups is 2. The first kappa shape index (κ1) is 20.0. The number of alkyl halides is 3. The summed E-state index contributed by atoms with van der Waals surface area (Å²) in [4.78, 5) is 24.1. The lowest BCUT2D eigenvalue weighted by Gasteiger charge is -2.28. The van der Waals surface area contributed by atoms with Gasteiger partial charge in [-0.05, 0) is 30.9 Å². The Morgan fingerprint density at radius 2 is 1.92 bits per heavy atom. The van der Waals surface area contributed by atoms with E-state index in [0.29, 0.717) is 17.0 Å². The van der Waals surface area contributed by atoms with Crippen LogP contribution in [0, 0.1) is 0 Å². The zero-order valence-electron chi connectivity index (χ0n) is 14.0. The Labute approximate surface area is 152 Å². The van der Waals surface area contributed by atoms with Gasteiger partial charge in [0, 0.05) is 11.4 Å². The third kappa shape index (κ3) is 5.32. The monoisotopic (exact) mass is 390 g/mol. The molecular formula is C16H17F3N2O4S. The fourth-order valence-electron chi connectivity index (χ4n) is 2.37. The Balaban J connectivity index is 2.25. The molecule has 0 spiro atoms. The predicted molar refractivity (Wildman–Crippen MR) is 89.6 cm³/mol. The maximum absolute atomic E-state index is 12.4. The van der Waals surface area contributed by atoms with E-state index >= 15 is 0 Å². The Morgan fingerprint density at radius 3 is 2.50 bits per heavy atom. The molecule has 1 aromatic carbocycles. The number of halogens is 3. The first-order valence-electron chi connectivity index (χ1n) is 7.51. The van der Waals surface area contributed by atoms with Crippen LogP contribution in [0.4, 0.5) is 18.0 Å². The van der Waals surface area contributed by atoms with Crippen LogP contribution in [0.15, 0.2) is 35.5 Å². The van der Waals surface area contributed by atoms with Crippen LogP contribution in [-0.2, 0) is 9.53 Å². The summed E-state index contributed by atoms with van der Waals surface area (Å²) in [6.07, 6.45) is -2.93. The minimum Gasteiger partial charge on any atom is -0.461 e. The number of benzene rings is 1. The van der Waals surface area contributed by atoms with Crippen LogP contribution in [0.1, 0.15) is 18.5 Å². The van der Waals surface area contributed by atoms with Gasteiger partial charge in [0.25, 0.3) is 0 Å². The molecule has 2 amide bonds. The molecule has 1 atom stereocenters. The molecule has 10 heteroatoms. The van der Waals surface area contributed by atoms with E-state index in [9.17, 15) is 22.8 Å². The number of carbonyl (C=O) groups excluding carboxylic acids is 2. The molecule has 6 nitrogen and oxygen atoms in total. The topological polar surface area (TPSA) is 76.7 Å². The van der Waals surface area contributed by atoms with Crippen LogP contribution in [0.5, 0.6) is 5.75 Å². The number of hydrogen-bond acceptors (Lipinski definition) is 5. The summed E-state index contributed by atoms with van der Waals surface area (Å²) in [7, 11) is 0. The largest absolute Gasteiger partial charge is 0.573 e. The van der Waals surface area contributed by atoms with Crippen molar-refractivity contribution >= 4 is 23.8 Å². The average molecular weight is 390 g/mol. The van der Waals surface area contributed by atoms with E-state index < -0.39 is 30.2 Å². The molecule has 2 N–H and O–H groups in total. The summed E-state index contributed by atoms with van der Waals surface area (Å²) in [6, 6.07) is 3.56. The van der Waals surface area contributed by atoms with Crippen LogP contribution < -0.4 is 15.4 Å². The first-order valence-corrected chi connectivity index (χ1v) is 8.90. The standard InChI is InChI=1S/C16H17F3N2O4S/c1-9-12(14(22)24-7-8-26-2)13(21-15(23)20-9)10-3-5-11(6-4-10)25-16(17,18)19/h3-6,13H,7-8H2,1-2H3,(H2,20,21,23)/t13-/m1/s1. The lowest BCUT2D eigenvalue weighted by molar-refractivity contribution is -0.274. The van der Waals surface area contributed by atoms with Gasteiger partial charge in [-0.1, -0.05) is 12.1 Å². The number of rotatable bonds is 6. The molecule has 1 aromatic rings. The van der Waals surface area contributed by atoms with Gasteiger partial charge in [0.1, 0.15) is 12.4 Å². The number of allylic oxidation sites excluding steroid dienone is 1. The number of esters is 1. The van der Waals surface area contributed by atoms with E-state index in [4.69, 9.17) is 4.74 Å². The van der Waals surface area contributed by atoms with Crippen molar-refractivity contribution < 1.29 is 32.2 Å². The molecular weight excluding hydrogens is 373 g/mol. The van der Waals surface area contributed by atoms with Crippen molar-refractivity contribution in [1.82, 2.24) is 10.6 Å². The average Bonchev–Trinajstić information content (AvgIpc) is 2.53. The van der Waals surface area contributed by atoms with Gasteiger partial charge in [-0.3, -0.25) is 0 Å². The van der Waals surface area contributed by atoms with Crippen LogP contribution in [0.3, 0.4) is 0 Å². The lowest BCUT2D eigenvalue weighted by atomic mass is 9.95. The van der Waals surface area contributed by atoms with Crippen molar-refractivity contribution in [1.29, 1.82) is 0 Å². The SMILES string of the molecule is CSCCOC(=O)C1=C(C)NC(=O)N[C@@H]1c1ccc(OC(F)(F)F)cc1. The third-order valence-corrected chi connectivity index (χ3v) is 4.03. The number of amides is 2. The molecule has 0 unspecified atom stereocenters. The Kier molecular flexibility index (Phi) is 6.41. The van der Waals surface area contributed by atoms with Crippen LogP contribution in [-0.4, -0.2) is 37.0 Å². The Hall–Kier alpha value is -2.36. The van der Waals surface area contributed by atoms with Crippen molar-refractivity contribution in [3.8, 4) is 5.75 Å². The normalized spacial score (nSPS) is 17.4. The van der Waals surface area contributed by atoms with Gasteiger partial charge in [0.15, 0.2) is 0 Å². The van der Waals surface area contributed by atoms with Crippen molar-refractivity contribution in [2.45, 2.75) is 19.3 Å². The van der Waals surface area contributed by atoms with E-state index in [1.165, 1.54) is 23.9 Å². The van der Waals surface area contributed by atoms with E-state index in [0.717, 1.165) is 12.1 Å². The molecule has 1 aliphatic heterocycles. The quantitative estimate of drug-likeness (QED) is 0.577. The van der Waals surface area contributed by atoms with Gasteiger partial charge in [-0.25, -0.2) is 9.59 Å². The van der Waals surface area contributed by atoms with E-state index in [2.05, 4.69) is 15.4 Å². The number of urea groups is 1. The van der Waals surface area contributed by atoms with Crippen LogP contribution in [0.2, 0.25) is 0 Å². The minimum atomic E-state index is -4.80. The Morgan fingerprint density at radius 1 is 1.27 bits per heavy atom. The molecule has 26 heavy (non-hydrogen) atoms. The summed E-state index contributed by atoms with van der Waals surface area (Å²) in [6.45, 7) is 1.76. The van der Waals surface area contributed by atoms with Gasteiger partial charge in [-0.15, -0.1) is 13.2 Å². The van der Waals surface area contributed by atoms with Crippen LogP contribution in [0.25, 0.3) is 0 Å². The molecule has 0 bridgehead atoms. The molecule has 142 valence electrons. The first-order chi connectivity index (χ1) is 12.2. The highest BCUT2D eigenvalue weighted by atomic mass is 32.2. The number of ether oxygens (including phenoxy) is 2. The number of hydrogen-bond donors (Lipinski definition) is 2. The third-order valence-electron chi connectivity index (χ3n) is 3.46. The molecule has 0 saturated heterocycles. The van der Waals surface area contributed by atoms with Crippen molar-refractivity contribution in [2.75, 3.05) is 18.6 Å². The van der Waals surface area contributed by atoms with E-state index in [-0.39, 0.29) is 12.2 Å². The molecule has 0 saturated carbocycles. The lowest BCUT2D eigenvalue weighted by Crippen LogP contribution is -2.45. The van der Waals surface area contributed by atoms with Crippen LogP contribution >= 0.6 is 11.8 Å². The second kappa shape index (κ2) is 8.35. The van der Waals surface area contributed by atoms with Crippen molar-refractivity contribution in [2.24, 2.45) is 0 Å². The second-order valence-corrected chi connectivity index (χ2v) is 6.30. The van der Waals surface area contributed by atoms with Crippen molar-refractivity contribution in [3.05, 3.63) is 41.1 Å². The smallest absolute Gasteiger partial charge is 0.461 e. The number of nitrogens with one attached hydrogen (secondary N) is 2. The highest BCUT2D eigenvalue weighted by Gasteiger charge is 2.33. The molecule has 1 aliphatic rings. The second-order valence-electron chi connectivity index (χ2n) is 5.32. The maximum atomic E-state index is 12.4. The van der Waals surface area contributed by atoms with Gasteiger partial charge < -0.3 is 20.1 Å². The highest BCUT2D eigenvalue weighted by molar-refractivity contribution is 7.98. The highest BCUT2D eigenvalue weighted by Crippen LogP contribution is 2.30.